The van der Waals surface area contributed by atoms with Crippen molar-refractivity contribution in [3.63, 3.8) is 0 Å². The zero-order valence-electron chi connectivity index (χ0n) is 11.9. The molecule has 2 N–H and O–H groups in total. The van der Waals surface area contributed by atoms with Crippen LogP contribution in [0, 0.1) is 5.92 Å². The van der Waals surface area contributed by atoms with E-state index in [0.717, 1.165) is 6.42 Å². The molecule has 0 amide bonds. The van der Waals surface area contributed by atoms with Crippen LogP contribution in [0.4, 0.5) is 0 Å². The molecule has 1 rings (SSSR count). The Morgan fingerprint density at radius 1 is 1.17 bits per heavy atom. The van der Waals surface area contributed by atoms with Crippen molar-refractivity contribution in [1.29, 1.82) is 0 Å². The Bertz CT molecular complexity index is 312. The van der Waals surface area contributed by atoms with Crippen LogP contribution in [0.3, 0.4) is 0 Å². The zero-order valence-corrected chi connectivity index (χ0v) is 11.9. The highest BCUT2D eigenvalue weighted by molar-refractivity contribution is 5.19. The van der Waals surface area contributed by atoms with Gasteiger partial charge in [0, 0.05) is 18.7 Å². The fourth-order valence-corrected chi connectivity index (χ4v) is 2.08. The summed E-state index contributed by atoms with van der Waals surface area (Å²) in [7, 11) is 0. The standard InChI is InChI=1S/C16H27NO/c1-4-5-11-16(15-9-7-6-8-10-15)17-14(3)13(2)12-18/h6-10,13-14,16-18H,4-5,11-12H2,1-3H3. The molecule has 1 aromatic carbocycles. The minimum Gasteiger partial charge on any atom is -0.396 e. The van der Waals surface area contributed by atoms with Crippen LogP contribution in [0.5, 0.6) is 0 Å². The first-order chi connectivity index (χ1) is 8.69. The van der Waals surface area contributed by atoms with Crippen molar-refractivity contribution < 1.29 is 5.11 Å². The van der Waals surface area contributed by atoms with Crippen LogP contribution >= 0.6 is 0 Å². The second-order valence-corrected chi connectivity index (χ2v) is 5.22. The van der Waals surface area contributed by atoms with Gasteiger partial charge in [-0.15, -0.1) is 0 Å². The third-order valence-electron chi connectivity index (χ3n) is 3.65. The number of unbranched alkanes of at least 4 members (excludes halogenated alkanes) is 1. The van der Waals surface area contributed by atoms with Crippen molar-refractivity contribution in [2.24, 2.45) is 5.92 Å². The van der Waals surface area contributed by atoms with Crippen LogP contribution in [0.2, 0.25) is 0 Å². The molecular weight excluding hydrogens is 222 g/mol. The molecule has 3 atom stereocenters. The molecule has 3 unspecified atom stereocenters. The number of hydrogen-bond donors (Lipinski definition) is 2. The van der Waals surface area contributed by atoms with Gasteiger partial charge in [-0.1, -0.05) is 57.0 Å². The van der Waals surface area contributed by atoms with E-state index in [1.54, 1.807) is 0 Å². The summed E-state index contributed by atoms with van der Waals surface area (Å²) >= 11 is 0. The van der Waals surface area contributed by atoms with E-state index in [1.807, 2.05) is 0 Å². The Kier molecular flexibility index (Phi) is 6.99. The molecule has 2 nitrogen and oxygen atoms in total. The lowest BCUT2D eigenvalue weighted by Gasteiger charge is -2.27. The number of rotatable bonds is 8. The van der Waals surface area contributed by atoms with E-state index in [2.05, 4.69) is 56.4 Å². The van der Waals surface area contributed by atoms with Gasteiger partial charge in [0.2, 0.25) is 0 Å². The molecule has 0 aliphatic rings. The minimum atomic E-state index is 0.240. The van der Waals surface area contributed by atoms with Gasteiger partial charge in [-0.3, -0.25) is 0 Å². The van der Waals surface area contributed by atoms with E-state index in [4.69, 9.17) is 0 Å². The maximum atomic E-state index is 9.22. The van der Waals surface area contributed by atoms with Gasteiger partial charge in [-0.25, -0.2) is 0 Å². The van der Waals surface area contributed by atoms with E-state index in [0.29, 0.717) is 12.1 Å². The summed E-state index contributed by atoms with van der Waals surface area (Å²) in [6, 6.07) is 11.3. The fraction of sp³-hybridized carbons (Fsp3) is 0.625. The Morgan fingerprint density at radius 2 is 1.83 bits per heavy atom. The summed E-state index contributed by atoms with van der Waals surface area (Å²) in [5.74, 6) is 0.290. The molecule has 0 fully saturated rings. The highest BCUT2D eigenvalue weighted by Crippen LogP contribution is 2.21. The lowest BCUT2D eigenvalue weighted by molar-refractivity contribution is 0.199. The van der Waals surface area contributed by atoms with Gasteiger partial charge >= 0.3 is 0 Å². The lowest BCUT2D eigenvalue weighted by atomic mass is 9.97. The number of hydrogen-bond acceptors (Lipinski definition) is 2. The Balaban J connectivity index is 2.67. The van der Waals surface area contributed by atoms with Gasteiger partial charge in [0.05, 0.1) is 0 Å². The predicted molar refractivity (Wildman–Crippen MR) is 77.6 cm³/mol. The van der Waals surface area contributed by atoms with E-state index in [9.17, 15) is 5.11 Å². The molecule has 0 bridgehead atoms. The topological polar surface area (TPSA) is 32.3 Å². The lowest BCUT2D eigenvalue weighted by Crippen LogP contribution is -2.36. The van der Waals surface area contributed by atoms with Crippen molar-refractivity contribution in [3.8, 4) is 0 Å². The molecule has 0 aliphatic heterocycles. The highest BCUT2D eigenvalue weighted by atomic mass is 16.3. The summed E-state index contributed by atoms with van der Waals surface area (Å²) < 4.78 is 0. The minimum absolute atomic E-state index is 0.240. The van der Waals surface area contributed by atoms with Gasteiger partial charge in [0.15, 0.2) is 0 Å². The summed E-state index contributed by atoms with van der Waals surface area (Å²) in [5, 5.41) is 12.9. The molecule has 1 aromatic rings. The summed E-state index contributed by atoms with van der Waals surface area (Å²) in [4.78, 5) is 0. The molecule has 102 valence electrons. The third-order valence-corrected chi connectivity index (χ3v) is 3.65. The Hall–Kier alpha value is -0.860. The van der Waals surface area contributed by atoms with Crippen LogP contribution < -0.4 is 5.32 Å². The first-order valence-corrected chi connectivity index (χ1v) is 7.10. The largest absolute Gasteiger partial charge is 0.396 e. The van der Waals surface area contributed by atoms with Crippen LogP contribution in [0.25, 0.3) is 0 Å². The van der Waals surface area contributed by atoms with Crippen molar-refractivity contribution in [1.82, 2.24) is 5.32 Å². The first kappa shape index (κ1) is 15.2. The smallest absolute Gasteiger partial charge is 0.0471 e. The van der Waals surface area contributed by atoms with Crippen molar-refractivity contribution in [2.45, 2.75) is 52.1 Å². The van der Waals surface area contributed by atoms with Crippen molar-refractivity contribution >= 4 is 0 Å². The van der Waals surface area contributed by atoms with Crippen LogP contribution in [-0.2, 0) is 0 Å². The van der Waals surface area contributed by atoms with Crippen LogP contribution in [0.1, 0.15) is 51.6 Å². The molecule has 0 saturated heterocycles. The molecule has 2 heteroatoms. The number of benzene rings is 1. The van der Waals surface area contributed by atoms with E-state index in [1.165, 1.54) is 18.4 Å². The van der Waals surface area contributed by atoms with E-state index >= 15 is 0 Å². The number of nitrogens with one attached hydrogen (secondary N) is 1. The SMILES string of the molecule is CCCCC(NC(C)C(C)CO)c1ccccc1. The zero-order chi connectivity index (χ0) is 13.4. The van der Waals surface area contributed by atoms with Crippen LogP contribution in [-0.4, -0.2) is 17.8 Å². The van der Waals surface area contributed by atoms with Gasteiger partial charge in [-0.05, 0) is 24.8 Å². The molecule has 0 radical (unpaired) electrons. The molecule has 0 aromatic heterocycles. The average Bonchev–Trinajstić information content (AvgIpc) is 2.43. The van der Waals surface area contributed by atoms with Crippen molar-refractivity contribution in [3.05, 3.63) is 35.9 Å². The maximum absolute atomic E-state index is 9.22. The molecule has 0 saturated carbocycles. The highest BCUT2D eigenvalue weighted by Gasteiger charge is 2.17. The van der Waals surface area contributed by atoms with Gasteiger partial charge < -0.3 is 10.4 Å². The summed E-state index contributed by atoms with van der Waals surface area (Å²) in [6.07, 6.45) is 3.60. The Morgan fingerprint density at radius 3 is 2.39 bits per heavy atom. The molecule has 0 spiro atoms. The van der Waals surface area contributed by atoms with Gasteiger partial charge in [0.25, 0.3) is 0 Å². The third kappa shape index (κ3) is 4.79. The van der Waals surface area contributed by atoms with Gasteiger partial charge in [0.1, 0.15) is 0 Å². The van der Waals surface area contributed by atoms with E-state index < -0.39 is 0 Å². The second kappa shape index (κ2) is 8.28. The monoisotopic (exact) mass is 249 g/mol. The van der Waals surface area contributed by atoms with E-state index in [-0.39, 0.29) is 12.5 Å². The first-order valence-electron chi connectivity index (χ1n) is 7.10. The molecular formula is C16H27NO. The van der Waals surface area contributed by atoms with Crippen molar-refractivity contribution in [2.75, 3.05) is 6.61 Å². The second-order valence-electron chi connectivity index (χ2n) is 5.22. The fourth-order valence-electron chi connectivity index (χ4n) is 2.08. The predicted octanol–water partition coefficient (Wildman–Crippen LogP) is 3.52. The number of aliphatic hydroxyl groups excluding tert-OH is 1. The Labute approximate surface area is 111 Å². The van der Waals surface area contributed by atoms with Gasteiger partial charge in [-0.2, -0.15) is 0 Å². The number of aliphatic hydroxyl groups is 1. The maximum Gasteiger partial charge on any atom is 0.0471 e. The van der Waals surface area contributed by atoms with Crippen LogP contribution in [0.15, 0.2) is 30.3 Å². The summed E-state index contributed by atoms with van der Waals surface area (Å²) in [5.41, 5.74) is 1.35. The average molecular weight is 249 g/mol. The molecule has 0 heterocycles. The molecule has 18 heavy (non-hydrogen) atoms. The summed E-state index contributed by atoms with van der Waals surface area (Å²) in [6.45, 7) is 6.70. The quantitative estimate of drug-likeness (QED) is 0.739. The normalized spacial score (nSPS) is 16.2. The molecule has 0 aliphatic carbocycles.